The Morgan fingerprint density at radius 3 is 1.00 bits per heavy atom. The summed E-state index contributed by atoms with van der Waals surface area (Å²) in [6, 6.07) is 0. The van der Waals surface area contributed by atoms with Gasteiger partial charge in [-0.05, 0) is 0 Å². The van der Waals surface area contributed by atoms with Crippen LogP contribution in [0.4, 0.5) is 0 Å². The summed E-state index contributed by atoms with van der Waals surface area (Å²) in [6.07, 6.45) is 1.94. The third-order valence-corrected chi connectivity index (χ3v) is 1.37. The first kappa shape index (κ1) is 13.3. The molecule has 0 aromatic rings. The zero-order chi connectivity index (χ0) is 9.98. The molecule has 12 heavy (non-hydrogen) atoms. The minimum Gasteiger partial charge on any atom is -0.307 e. The molecule has 1 aliphatic rings. The van der Waals surface area contributed by atoms with Crippen molar-refractivity contribution in [2.75, 3.05) is 0 Å². The van der Waals surface area contributed by atoms with Gasteiger partial charge in [-0.3, -0.25) is 9.59 Å². The molecule has 4 nitrogen and oxygen atoms in total. The molecule has 0 bridgehead atoms. The maximum atomic E-state index is 10.5. The average molecular weight is 172 g/mol. The van der Waals surface area contributed by atoms with Crippen LogP contribution in [0.5, 0.6) is 0 Å². The molecule has 0 radical (unpaired) electrons. The fourth-order valence-electron chi connectivity index (χ4n) is 0.808. The molecule has 0 aromatic heterocycles. The van der Waals surface area contributed by atoms with E-state index in [-0.39, 0.29) is 11.6 Å². The Morgan fingerprint density at radius 2 is 0.833 bits per heavy atom. The predicted molar refractivity (Wildman–Crippen MR) is 42.7 cm³/mol. The molecule has 0 atom stereocenters. The topological polar surface area (TPSA) is 68.3 Å². The SMILES string of the molecule is C=O.C=O.O=C1CCC(=O)CC1. The van der Waals surface area contributed by atoms with Crippen LogP contribution in [0.2, 0.25) is 0 Å². The highest BCUT2D eigenvalue weighted by atomic mass is 16.1. The second-order valence-electron chi connectivity index (χ2n) is 2.08. The fourth-order valence-corrected chi connectivity index (χ4v) is 0.808. The van der Waals surface area contributed by atoms with Gasteiger partial charge in [0.05, 0.1) is 0 Å². The first-order valence-electron chi connectivity index (χ1n) is 3.40. The molecule has 0 spiro atoms. The maximum Gasteiger partial charge on any atom is 0.133 e. The van der Waals surface area contributed by atoms with E-state index in [2.05, 4.69) is 0 Å². The van der Waals surface area contributed by atoms with Crippen molar-refractivity contribution in [3.8, 4) is 0 Å². The largest absolute Gasteiger partial charge is 0.307 e. The molecule has 4 heteroatoms. The van der Waals surface area contributed by atoms with Crippen molar-refractivity contribution in [1.29, 1.82) is 0 Å². The molecule has 0 unspecified atom stereocenters. The lowest BCUT2D eigenvalue weighted by molar-refractivity contribution is -0.128. The molecule has 0 N–H and O–H groups in total. The number of rotatable bonds is 0. The zero-order valence-corrected chi connectivity index (χ0v) is 6.88. The first-order valence-corrected chi connectivity index (χ1v) is 3.40. The molecule has 1 rings (SSSR count). The van der Waals surface area contributed by atoms with Gasteiger partial charge in [0.2, 0.25) is 0 Å². The zero-order valence-electron chi connectivity index (χ0n) is 6.88. The summed E-state index contributed by atoms with van der Waals surface area (Å²) in [6.45, 7) is 4.00. The van der Waals surface area contributed by atoms with Gasteiger partial charge in [0.15, 0.2) is 0 Å². The van der Waals surface area contributed by atoms with E-state index in [0.717, 1.165) is 0 Å². The predicted octanol–water partition coefficient (Wildman–Crippen LogP) is 0.329. The molecular weight excluding hydrogens is 160 g/mol. The maximum absolute atomic E-state index is 10.5. The smallest absolute Gasteiger partial charge is 0.133 e. The van der Waals surface area contributed by atoms with Crippen molar-refractivity contribution < 1.29 is 19.2 Å². The number of hydrogen-bond donors (Lipinski definition) is 0. The number of ketones is 2. The quantitative estimate of drug-likeness (QED) is 0.528. The number of carbonyl (C=O) groups excluding carboxylic acids is 4. The van der Waals surface area contributed by atoms with E-state index in [1.54, 1.807) is 0 Å². The van der Waals surface area contributed by atoms with Crippen LogP contribution in [0.25, 0.3) is 0 Å². The molecule has 0 saturated heterocycles. The third-order valence-electron chi connectivity index (χ3n) is 1.37. The molecule has 0 aromatic carbocycles. The van der Waals surface area contributed by atoms with Gasteiger partial charge >= 0.3 is 0 Å². The van der Waals surface area contributed by atoms with Crippen molar-refractivity contribution in [3.05, 3.63) is 0 Å². The number of hydrogen-bond acceptors (Lipinski definition) is 4. The van der Waals surface area contributed by atoms with E-state index >= 15 is 0 Å². The summed E-state index contributed by atoms with van der Waals surface area (Å²) in [4.78, 5) is 36.9. The Labute approximate surface area is 70.9 Å². The highest BCUT2D eigenvalue weighted by Gasteiger charge is 2.13. The molecule has 68 valence electrons. The van der Waals surface area contributed by atoms with Crippen LogP contribution in [0.1, 0.15) is 25.7 Å². The van der Waals surface area contributed by atoms with E-state index in [1.165, 1.54) is 0 Å². The Kier molecular flexibility index (Phi) is 10.7. The van der Waals surface area contributed by atoms with Gasteiger partial charge < -0.3 is 9.59 Å². The van der Waals surface area contributed by atoms with E-state index in [9.17, 15) is 9.59 Å². The Hall–Kier alpha value is -1.32. The van der Waals surface area contributed by atoms with E-state index in [4.69, 9.17) is 9.59 Å². The van der Waals surface area contributed by atoms with Gasteiger partial charge in [-0.1, -0.05) is 0 Å². The molecule has 0 amide bonds. The summed E-state index contributed by atoms with van der Waals surface area (Å²) in [5.41, 5.74) is 0. The highest BCUT2D eigenvalue weighted by Crippen LogP contribution is 2.08. The second-order valence-corrected chi connectivity index (χ2v) is 2.08. The molecule has 1 saturated carbocycles. The summed E-state index contributed by atoms with van der Waals surface area (Å²) in [5.74, 6) is 0.481. The monoisotopic (exact) mass is 172 g/mol. The van der Waals surface area contributed by atoms with Crippen LogP contribution < -0.4 is 0 Å². The summed E-state index contributed by atoms with van der Waals surface area (Å²) < 4.78 is 0. The van der Waals surface area contributed by atoms with Crippen LogP contribution in [-0.4, -0.2) is 25.1 Å². The Bertz CT molecular complexity index is 123. The van der Waals surface area contributed by atoms with Gasteiger partial charge in [-0.15, -0.1) is 0 Å². The van der Waals surface area contributed by atoms with Gasteiger partial charge in [0.25, 0.3) is 0 Å². The second kappa shape index (κ2) is 9.68. The highest BCUT2D eigenvalue weighted by molar-refractivity contribution is 5.92. The first-order chi connectivity index (χ1) is 5.79. The minimum atomic E-state index is 0.240. The van der Waals surface area contributed by atoms with Gasteiger partial charge in [0.1, 0.15) is 25.1 Å². The van der Waals surface area contributed by atoms with Crippen molar-refractivity contribution >= 4 is 25.1 Å². The lowest BCUT2D eigenvalue weighted by Crippen LogP contribution is -2.12. The number of Topliss-reactive ketones (excluding diaryl/α,β-unsaturated/α-hetero) is 2. The Balaban J connectivity index is 0. The summed E-state index contributed by atoms with van der Waals surface area (Å²) in [5, 5.41) is 0. The normalized spacial score (nSPS) is 15.0. The van der Waals surface area contributed by atoms with Crippen LogP contribution in [0.15, 0.2) is 0 Å². The molecule has 1 aliphatic carbocycles. The van der Waals surface area contributed by atoms with E-state index < -0.39 is 0 Å². The molecule has 1 fully saturated rings. The lowest BCUT2D eigenvalue weighted by Gasteiger charge is -2.04. The van der Waals surface area contributed by atoms with Crippen LogP contribution in [0, 0.1) is 0 Å². The van der Waals surface area contributed by atoms with E-state index in [0.29, 0.717) is 25.7 Å². The third kappa shape index (κ3) is 6.80. The van der Waals surface area contributed by atoms with E-state index in [1.807, 2.05) is 13.6 Å². The average Bonchev–Trinajstić information content (AvgIpc) is 2.17. The van der Waals surface area contributed by atoms with Crippen LogP contribution in [-0.2, 0) is 19.2 Å². The number of carbonyl (C=O) groups is 4. The standard InChI is InChI=1S/C6H8O2.2CH2O/c7-5-1-2-6(8)4-3-5;2*1-2/h1-4H2;2*1H2. The van der Waals surface area contributed by atoms with Gasteiger partial charge in [-0.2, -0.15) is 0 Å². The van der Waals surface area contributed by atoms with Crippen molar-refractivity contribution in [3.63, 3.8) is 0 Å². The van der Waals surface area contributed by atoms with Crippen molar-refractivity contribution in [2.45, 2.75) is 25.7 Å². The molecule has 0 aliphatic heterocycles. The van der Waals surface area contributed by atoms with Crippen molar-refractivity contribution in [1.82, 2.24) is 0 Å². The molecule has 0 heterocycles. The Morgan fingerprint density at radius 1 is 0.667 bits per heavy atom. The summed E-state index contributed by atoms with van der Waals surface area (Å²) in [7, 11) is 0. The van der Waals surface area contributed by atoms with Gasteiger partial charge in [-0.25, -0.2) is 0 Å². The van der Waals surface area contributed by atoms with Gasteiger partial charge in [0, 0.05) is 25.7 Å². The van der Waals surface area contributed by atoms with Crippen LogP contribution in [0.3, 0.4) is 0 Å². The fraction of sp³-hybridized carbons (Fsp3) is 0.500. The summed E-state index contributed by atoms with van der Waals surface area (Å²) >= 11 is 0. The lowest BCUT2D eigenvalue weighted by atomic mass is 9.98. The van der Waals surface area contributed by atoms with Crippen LogP contribution >= 0.6 is 0 Å². The molecular formula is C8H12O4. The minimum absolute atomic E-state index is 0.240. The van der Waals surface area contributed by atoms with Crippen molar-refractivity contribution in [2.24, 2.45) is 0 Å².